The summed E-state index contributed by atoms with van der Waals surface area (Å²) in [4.78, 5) is 22.7. The number of likely N-dealkylation sites (N-methyl/N-ethyl adjacent to an activating group) is 1. The van der Waals surface area contributed by atoms with E-state index in [0.29, 0.717) is 11.0 Å². The fourth-order valence-corrected chi connectivity index (χ4v) is 1.55. The van der Waals surface area contributed by atoms with Gasteiger partial charge in [-0.3, -0.25) is 9.59 Å². The molecule has 0 saturated heterocycles. The van der Waals surface area contributed by atoms with E-state index >= 15 is 0 Å². The number of carbonyl (C=O) groups is 2. The second kappa shape index (κ2) is 6.34. The Bertz CT molecular complexity index is 437. The molecule has 0 atom stereocenters. The van der Waals surface area contributed by atoms with Gasteiger partial charge < -0.3 is 10.6 Å². The molecule has 1 aromatic rings. The van der Waals surface area contributed by atoms with Crippen molar-refractivity contribution in [2.75, 3.05) is 13.1 Å². The Morgan fingerprint density at radius 3 is 2.71 bits per heavy atom. The van der Waals surface area contributed by atoms with Gasteiger partial charge in [0.1, 0.15) is 5.82 Å². The number of nitrogens with one attached hydrogen (secondary N) is 2. The molecule has 1 aromatic carbocycles. The molecule has 0 aliphatic rings. The fourth-order valence-electron chi connectivity index (χ4n) is 1.19. The van der Waals surface area contributed by atoms with Crippen LogP contribution < -0.4 is 10.6 Å². The highest BCUT2D eigenvalue weighted by Gasteiger charge is 2.12. The molecule has 92 valence electrons. The highest BCUT2D eigenvalue weighted by molar-refractivity contribution is 9.10. The summed E-state index contributed by atoms with van der Waals surface area (Å²) in [5.41, 5.74) is -0.0938. The normalized spacial score (nSPS) is 9.82. The third-order valence-electron chi connectivity index (χ3n) is 1.96. The Kier molecular flexibility index (Phi) is 5.09. The maximum atomic E-state index is 13.3. The monoisotopic (exact) mass is 302 g/mol. The second-order valence-electron chi connectivity index (χ2n) is 3.26. The molecule has 2 amide bonds. The lowest BCUT2D eigenvalue weighted by atomic mass is 10.2. The predicted molar refractivity (Wildman–Crippen MR) is 65.1 cm³/mol. The van der Waals surface area contributed by atoms with Crippen molar-refractivity contribution >= 4 is 27.7 Å². The molecule has 4 nitrogen and oxygen atoms in total. The van der Waals surface area contributed by atoms with E-state index in [0.717, 1.165) is 0 Å². The zero-order valence-electron chi connectivity index (χ0n) is 9.22. The fraction of sp³-hybridized carbons (Fsp3) is 0.273. The Labute approximate surface area is 107 Å². The first-order chi connectivity index (χ1) is 8.04. The topological polar surface area (TPSA) is 58.2 Å². The lowest BCUT2D eigenvalue weighted by Crippen LogP contribution is -2.37. The van der Waals surface area contributed by atoms with Gasteiger partial charge in [0.15, 0.2) is 0 Å². The summed E-state index contributed by atoms with van der Waals surface area (Å²) in [7, 11) is 0. The third-order valence-corrected chi connectivity index (χ3v) is 2.45. The minimum Gasteiger partial charge on any atom is -0.355 e. The van der Waals surface area contributed by atoms with Crippen LogP contribution in [0.25, 0.3) is 0 Å². The van der Waals surface area contributed by atoms with Crippen LogP contribution in [-0.4, -0.2) is 24.9 Å². The minimum absolute atomic E-state index is 0.0938. The van der Waals surface area contributed by atoms with E-state index in [9.17, 15) is 14.0 Å². The lowest BCUT2D eigenvalue weighted by molar-refractivity contribution is -0.120. The number of halogens is 2. The molecule has 0 aliphatic heterocycles. The van der Waals surface area contributed by atoms with E-state index in [-0.39, 0.29) is 18.0 Å². The summed E-state index contributed by atoms with van der Waals surface area (Å²) in [6, 6.07) is 4.05. The van der Waals surface area contributed by atoms with Gasteiger partial charge >= 0.3 is 0 Å². The molecule has 0 spiro atoms. The van der Waals surface area contributed by atoms with Gasteiger partial charge in [0.25, 0.3) is 5.91 Å². The number of hydrogen-bond acceptors (Lipinski definition) is 2. The van der Waals surface area contributed by atoms with Gasteiger partial charge in [0.2, 0.25) is 5.91 Å². The largest absolute Gasteiger partial charge is 0.355 e. The molecule has 0 aromatic heterocycles. The van der Waals surface area contributed by atoms with Crippen LogP contribution in [0, 0.1) is 5.82 Å². The van der Waals surface area contributed by atoms with Crippen LogP contribution in [0.2, 0.25) is 0 Å². The van der Waals surface area contributed by atoms with E-state index in [1.807, 2.05) is 0 Å². The molecule has 0 radical (unpaired) electrons. The number of rotatable bonds is 4. The first kappa shape index (κ1) is 13.6. The maximum Gasteiger partial charge on any atom is 0.254 e. The first-order valence-electron chi connectivity index (χ1n) is 5.04. The average Bonchev–Trinajstić information content (AvgIpc) is 2.29. The Morgan fingerprint density at radius 2 is 2.06 bits per heavy atom. The summed E-state index contributed by atoms with van der Waals surface area (Å²) in [6.45, 7) is 2.09. The van der Waals surface area contributed by atoms with Gasteiger partial charge in [-0.1, -0.05) is 15.9 Å². The van der Waals surface area contributed by atoms with Gasteiger partial charge in [0, 0.05) is 11.0 Å². The highest BCUT2D eigenvalue weighted by Crippen LogP contribution is 2.15. The van der Waals surface area contributed by atoms with Crippen molar-refractivity contribution in [1.29, 1.82) is 0 Å². The van der Waals surface area contributed by atoms with E-state index < -0.39 is 11.7 Å². The van der Waals surface area contributed by atoms with Crippen LogP contribution in [0.15, 0.2) is 22.7 Å². The molecular weight excluding hydrogens is 291 g/mol. The summed E-state index contributed by atoms with van der Waals surface area (Å²) < 4.78 is 13.9. The third kappa shape index (κ3) is 4.14. The summed E-state index contributed by atoms with van der Waals surface area (Å²) >= 11 is 3.14. The Hall–Kier alpha value is -1.43. The zero-order valence-corrected chi connectivity index (χ0v) is 10.8. The Balaban J connectivity index is 2.64. The second-order valence-corrected chi connectivity index (χ2v) is 4.18. The van der Waals surface area contributed by atoms with E-state index in [1.54, 1.807) is 6.92 Å². The number of hydrogen-bond donors (Lipinski definition) is 2. The van der Waals surface area contributed by atoms with Crippen LogP contribution in [-0.2, 0) is 4.79 Å². The molecular formula is C11H12BrFN2O2. The van der Waals surface area contributed by atoms with Crippen molar-refractivity contribution in [3.05, 3.63) is 34.1 Å². The Morgan fingerprint density at radius 1 is 1.35 bits per heavy atom. The van der Waals surface area contributed by atoms with Crippen molar-refractivity contribution in [1.82, 2.24) is 10.6 Å². The van der Waals surface area contributed by atoms with E-state index in [4.69, 9.17) is 0 Å². The zero-order chi connectivity index (χ0) is 12.8. The number of carbonyl (C=O) groups excluding carboxylic acids is 2. The van der Waals surface area contributed by atoms with Gasteiger partial charge in [-0.15, -0.1) is 0 Å². The molecule has 6 heteroatoms. The summed E-state index contributed by atoms with van der Waals surface area (Å²) in [6.07, 6.45) is 0. The molecule has 0 heterocycles. The molecule has 0 fully saturated rings. The molecule has 0 bridgehead atoms. The number of benzene rings is 1. The van der Waals surface area contributed by atoms with Crippen LogP contribution >= 0.6 is 15.9 Å². The predicted octanol–water partition coefficient (Wildman–Crippen LogP) is 1.45. The average molecular weight is 303 g/mol. The van der Waals surface area contributed by atoms with Crippen LogP contribution in [0.5, 0.6) is 0 Å². The molecule has 0 aliphatic carbocycles. The smallest absolute Gasteiger partial charge is 0.254 e. The first-order valence-corrected chi connectivity index (χ1v) is 5.84. The van der Waals surface area contributed by atoms with Crippen LogP contribution in [0.4, 0.5) is 4.39 Å². The van der Waals surface area contributed by atoms with E-state index in [1.165, 1.54) is 18.2 Å². The lowest BCUT2D eigenvalue weighted by Gasteiger charge is -2.06. The van der Waals surface area contributed by atoms with Crippen molar-refractivity contribution in [3.8, 4) is 0 Å². The number of amides is 2. The maximum absolute atomic E-state index is 13.3. The minimum atomic E-state index is -0.624. The molecule has 0 unspecified atom stereocenters. The van der Waals surface area contributed by atoms with Crippen molar-refractivity contribution in [3.63, 3.8) is 0 Å². The van der Waals surface area contributed by atoms with Gasteiger partial charge in [-0.2, -0.15) is 0 Å². The standard InChI is InChI=1S/C11H12BrFN2O2/c1-2-14-10(16)6-15-11(17)8-5-7(12)3-4-9(8)13/h3-5H,2,6H2,1H3,(H,14,16)(H,15,17). The van der Waals surface area contributed by atoms with Gasteiger partial charge in [-0.25, -0.2) is 4.39 Å². The van der Waals surface area contributed by atoms with E-state index in [2.05, 4.69) is 26.6 Å². The van der Waals surface area contributed by atoms with Crippen molar-refractivity contribution in [2.24, 2.45) is 0 Å². The van der Waals surface area contributed by atoms with Crippen molar-refractivity contribution in [2.45, 2.75) is 6.92 Å². The van der Waals surface area contributed by atoms with Gasteiger partial charge in [-0.05, 0) is 25.1 Å². The van der Waals surface area contributed by atoms with Gasteiger partial charge in [0.05, 0.1) is 12.1 Å². The summed E-state index contributed by atoms with van der Waals surface area (Å²) in [5.74, 6) is -1.55. The molecule has 1 rings (SSSR count). The highest BCUT2D eigenvalue weighted by atomic mass is 79.9. The molecule has 0 saturated carbocycles. The molecule has 2 N–H and O–H groups in total. The quantitative estimate of drug-likeness (QED) is 0.884. The van der Waals surface area contributed by atoms with Crippen molar-refractivity contribution < 1.29 is 14.0 Å². The van der Waals surface area contributed by atoms with Crippen LogP contribution in [0.1, 0.15) is 17.3 Å². The van der Waals surface area contributed by atoms with Crippen LogP contribution in [0.3, 0.4) is 0 Å². The molecule has 17 heavy (non-hydrogen) atoms. The SMILES string of the molecule is CCNC(=O)CNC(=O)c1cc(Br)ccc1F. The summed E-state index contributed by atoms with van der Waals surface area (Å²) in [5, 5.41) is 4.86.